The van der Waals surface area contributed by atoms with Crippen molar-refractivity contribution >= 4 is 32.8 Å². The predicted molar refractivity (Wildman–Crippen MR) is 61.8 cm³/mol. The van der Waals surface area contributed by atoms with Gasteiger partial charge in [-0.1, -0.05) is 0 Å². The van der Waals surface area contributed by atoms with Crippen molar-refractivity contribution in [2.45, 2.75) is 6.92 Å². The topological polar surface area (TPSA) is 61.3 Å². The molecule has 1 heterocycles. The van der Waals surface area contributed by atoms with E-state index in [9.17, 15) is 0 Å². The molecule has 0 bridgehead atoms. The lowest BCUT2D eigenvalue weighted by Gasteiger charge is -2.06. The first kappa shape index (κ1) is 9.15. The fourth-order valence-corrected chi connectivity index (χ4v) is 2.36. The van der Waals surface area contributed by atoms with E-state index < -0.39 is 0 Å². The molecule has 0 atom stereocenters. The number of hydrogen-bond donors (Lipinski definition) is 2. The molecular formula is C10H12N2OS. The van der Waals surface area contributed by atoms with Crippen molar-refractivity contribution in [3.05, 3.63) is 17.5 Å². The van der Waals surface area contributed by atoms with E-state index in [0.29, 0.717) is 12.3 Å². The molecule has 0 saturated carbocycles. The van der Waals surface area contributed by atoms with Crippen molar-refractivity contribution in [2.24, 2.45) is 0 Å². The zero-order chi connectivity index (χ0) is 10.1. The first-order valence-electron chi connectivity index (χ1n) is 4.41. The van der Waals surface area contributed by atoms with E-state index in [4.69, 9.17) is 16.2 Å². The summed E-state index contributed by atoms with van der Waals surface area (Å²) in [4.78, 5) is 0. The van der Waals surface area contributed by atoms with E-state index in [1.807, 2.05) is 24.4 Å². The van der Waals surface area contributed by atoms with Crippen molar-refractivity contribution in [2.75, 3.05) is 18.1 Å². The van der Waals surface area contributed by atoms with Crippen LogP contribution >= 0.6 is 11.3 Å². The molecule has 2 aromatic rings. The van der Waals surface area contributed by atoms with Gasteiger partial charge in [0.2, 0.25) is 0 Å². The molecule has 4 heteroatoms. The van der Waals surface area contributed by atoms with Gasteiger partial charge in [0.25, 0.3) is 0 Å². The number of hydrogen-bond acceptors (Lipinski definition) is 4. The van der Waals surface area contributed by atoms with Crippen molar-refractivity contribution < 1.29 is 4.74 Å². The summed E-state index contributed by atoms with van der Waals surface area (Å²) in [6.45, 7) is 2.56. The molecular weight excluding hydrogens is 196 g/mol. The minimum atomic E-state index is 0.619. The molecule has 0 amide bonds. The Balaban J connectivity index is 2.70. The Kier molecular flexibility index (Phi) is 2.21. The lowest BCUT2D eigenvalue weighted by Crippen LogP contribution is -1.95. The lowest BCUT2D eigenvalue weighted by molar-refractivity contribution is 0.344. The van der Waals surface area contributed by atoms with Gasteiger partial charge >= 0.3 is 0 Å². The quantitative estimate of drug-likeness (QED) is 0.745. The highest BCUT2D eigenvalue weighted by molar-refractivity contribution is 7.17. The fraction of sp³-hybridized carbons (Fsp3) is 0.200. The van der Waals surface area contributed by atoms with Gasteiger partial charge in [-0.05, 0) is 13.0 Å². The summed E-state index contributed by atoms with van der Waals surface area (Å²) in [5.41, 5.74) is 13.1. The Morgan fingerprint density at radius 2 is 2.14 bits per heavy atom. The molecule has 0 saturated heterocycles. The van der Waals surface area contributed by atoms with Crippen molar-refractivity contribution in [3.63, 3.8) is 0 Å². The van der Waals surface area contributed by atoms with Gasteiger partial charge < -0.3 is 16.2 Å². The summed E-state index contributed by atoms with van der Waals surface area (Å²) < 4.78 is 6.56. The number of ether oxygens (including phenoxy) is 1. The summed E-state index contributed by atoms with van der Waals surface area (Å²) >= 11 is 1.58. The molecule has 1 aromatic carbocycles. The van der Waals surface area contributed by atoms with Gasteiger partial charge in [-0.25, -0.2) is 0 Å². The maximum absolute atomic E-state index is 5.85. The summed E-state index contributed by atoms with van der Waals surface area (Å²) in [5, 5.41) is 2.89. The first-order valence-corrected chi connectivity index (χ1v) is 5.29. The largest absolute Gasteiger partial charge is 0.493 e. The van der Waals surface area contributed by atoms with Crippen LogP contribution in [0.25, 0.3) is 10.1 Å². The molecule has 14 heavy (non-hydrogen) atoms. The number of nitrogen functional groups attached to an aromatic ring is 2. The van der Waals surface area contributed by atoms with Crippen LogP contribution in [0.2, 0.25) is 0 Å². The summed E-state index contributed by atoms with van der Waals surface area (Å²) in [6, 6.07) is 3.73. The van der Waals surface area contributed by atoms with Gasteiger partial charge in [0.05, 0.1) is 17.7 Å². The average Bonchev–Trinajstić information content (AvgIpc) is 2.48. The van der Waals surface area contributed by atoms with Crippen LogP contribution < -0.4 is 16.2 Å². The number of thiophene rings is 1. The number of rotatable bonds is 2. The summed E-state index contributed by atoms with van der Waals surface area (Å²) in [5.74, 6) is 0.779. The van der Waals surface area contributed by atoms with Gasteiger partial charge in [-0.15, -0.1) is 11.3 Å². The number of fused-ring (bicyclic) bond motifs is 1. The van der Waals surface area contributed by atoms with Crippen LogP contribution in [0.4, 0.5) is 11.4 Å². The summed E-state index contributed by atoms with van der Waals surface area (Å²) in [7, 11) is 0. The molecule has 0 aliphatic heterocycles. The lowest BCUT2D eigenvalue weighted by atomic mass is 10.2. The molecule has 0 unspecified atom stereocenters. The number of nitrogens with two attached hydrogens (primary N) is 2. The molecule has 0 spiro atoms. The SMILES string of the molecule is CCOc1cc(N)cc2scc(N)c12. The number of benzene rings is 1. The van der Waals surface area contributed by atoms with Crippen molar-refractivity contribution in [3.8, 4) is 5.75 Å². The van der Waals surface area contributed by atoms with E-state index in [0.717, 1.165) is 21.5 Å². The van der Waals surface area contributed by atoms with Gasteiger partial charge in [0, 0.05) is 21.8 Å². The normalized spacial score (nSPS) is 10.6. The Bertz CT molecular complexity index is 464. The third-order valence-corrected chi connectivity index (χ3v) is 2.94. The standard InChI is InChI=1S/C10H12N2OS/c1-2-13-8-3-6(11)4-9-10(8)7(12)5-14-9/h3-5H,2,11-12H2,1H3. The van der Waals surface area contributed by atoms with E-state index >= 15 is 0 Å². The monoisotopic (exact) mass is 208 g/mol. The minimum absolute atomic E-state index is 0.619. The molecule has 0 radical (unpaired) electrons. The molecule has 2 rings (SSSR count). The maximum atomic E-state index is 5.85. The van der Waals surface area contributed by atoms with Crippen LogP contribution in [0.5, 0.6) is 5.75 Å². The van der Waals surface area contributed by atoms with Crippen LogP contribution in [-0.2, 0) is 0 Å². The zero-order valence-corrected chi connectivity index (χ0v) is 8.73. The Morgan fingerprint density at radius 3 is 2.86 bits per heavy atom. The summed E-state index contributed by atoms with van der Waals surface area (Å²) in [6.07, 6.45) is 0. The second-order valence-electron chi connectivity index (χ2n) is 3.02. The van der Waals surface area contributed by atoms with Crippen molar-refractivity contribution in [1.29, 1.82) is 0 Å². The van der Waals surface area contributed by atoms with E-state index in [2.05, 4.69) is 0 Å². The van der Waals surface area contributed by atoms with E-state index in [1.54, 1.807) is 11.3 Å². The number of anilines is 2. The molecule has 1 aromatic heterocycles. The average molecular weight is 208 g/mol. The highest BCUT2D eigenvalue weighted by Crippen LogP contribution is 2.37. The van der Waals surface area contributed by atoms with Crippen LogP contribution in [0.1, 0.15) is 6.92 Å². The Hall–Kier alpha value is -1.42. The molecule has 3 nitrogen and oxygen atoms in total. The predicted octanol–water partition coefficient (Wildman–Crippen LogP) is 2.46. The molecule has 0 aliphatic rings. The van der Waals surface area contributed by atoms with Crippen LogP contribution in [0.3, 0.4) is 0 Å². The van der Waals surface area contributed by atoms with Gasteiger partial charge in [0.15, 0.2) is 0 Å². The van der Waals surface area contributed by atoms with Crippen LogP contribution in [0.15, 0.2) is 17.5 Å². The molecule has 4 N–H and O–H groups in total. The minimum Gasteiger partial charge on any atom is -0.493 e. The smallest absolute Gasteiger partial charge is 0.132 e. The second kappa shape index (κ2) is 3.38. The third kappa shape index (κ3) is 1.37. The highest BCUT2D eigenvalue weighted by Gasteiger charge is 2.08. The fourth-order valence-electron chi connectivity index (χ4n) is 1.44. The van der Waals surface area contributed by atoms with Crippen molar-refractivity contribution in [1.82, 2.24) is 0 Å². The molecule has 0 aliphatic carbocycles. The van der Waals surface area contributed by atoms with Crippen LogP contribution in [0, 0.1) is 0 Å². The second-order valence-corrected chi connectivity index (χ2v) is 3.93. The third-order valence-electron chi connectivity index (χ3n) is 1.99. The Morgan fingerprint density at radius 1 is 1.36 bits per heavy atom. The van der Waals surface area contributed by atoms with Gasteiger partial charge in [-0.2, -0.15) is 0 Å². The molecule has 0 fully saturated rings. The Labute approximate surface area is 86.3 Å². The van der Waals surface area contributed by atoms with E-state index in [-0.39, 0.29) is 0 Å². The molecule has 74 valence electrons. The highest BCUT2D eigenvalue weighted by atomic mass is 32.1. The van der Waals surface area contributed by atoms with Gasteiger partial charge in [0.1, 0.15) is 5.75 Å². The zero-order valence-electron chi connectivity index (χ0n) is 7.91. The first-order chi connectivity index (χ1) is 6.72. The van der Waals surface area contributed by atoms with Crippen LogP contribution in [-0.4, -0.2) is 6.61 Å². The van der Waals surface area contributed by atoms with E-state index in [1.165, 1.54) is 0 Å². The maximum Gasteiger partial charge on any atom is 0.132 e. The van der Waals surface area contributed by atoms with Gasteiger partial charge in [-0.3, -0.25) is 0 Å².